The van der Waals surface area contributed by atoms with Crippen molar-refractivity contribution in [1.82, 2.24) is 0 Å². The molecular weight excluding hydrogens is 188 g/mol. The van der Waals surface area contributed by atoms with E-state index in [2.05, 4.69) is 5.92 Å². The van der Waals surface area contributed by atoms with Crippen LogP contribution in [-0.2, 0) is 9.53 Å². The molecule has 0 N–H and O–H groups in total. The maximum absolute atomic E-state index is 11.3. The smallest absolute Gasteiger partial charge is 0.155 e. The highest BCUT2D eigenvalue weighted by Gasteiger charge is 2.41. The Morgan fingerprint density at radius 1 is 1.47 bits per heavy atom. The highest BCUT2D eigenvalue weighted by Crippen LogP contribution is 2.48. The summed E-state index contributed by atoms with van der Waals surface area (Å²) in [6.45, 7) is 1.07. The van der Waals surface area contributed by atoms with Gasteiger partial charge >= 0.3 is 0 Å². The zero-order valence-electron chi connectivity index (χ0n) is 8.92. The molecule has 2 heteroatoms. The third-order valence-electron chi connectivity index (χ3n) is 3.53. The van der Waals surface area contributed by atoms with Gasteiger partial charge in [-0.25, -0.2) is 0 Å². The highest BCUT2D eigenvalue weighted by atomic mass is 16.5. The van der Waals surface area contributed by atoms with Gasteiger partial charge in [0.15, 0.2) is 5.78 Å². The Morgan fingerprint density at radius 2 is 2.33 bits per heavy atom. The fourth-order valence-electron chi connectivity index (χ4n) is 2.73. The zero-order chi connectivity index (χ0) is 10.7. The fraction of sp³-hybridized carbons (Fsp3) is 0.615. The molecule has 0 bridgehead atoms. The van der Waals surface area contributed by atoms with E-state index in [0.29, 0.717) is 19.6 Å². The molecule has 2 aliphatic carbocycles. The summed E-state index contributed by atoms with van der Waals surface area (Å²) >= 11 is 0. The summed E-state index contributed by atoms with van der Waals surface area (Å²) in [5, 5.41) is 0. The Morgan fingerprint density at radius 3 is 3.13 bits per heavy atom. The number of hydrogen-bond donors (Lipinski definition) is 0. The van der Waals surface area contributed by atoms with Gasteiger partial charge in [-0.05, 0) is 31.8 Å². The first kappa shape index (κ1) is 10.4. The lowest BCUT2D eigenvalue weighted by Gasteiger charge is -2.33. The molecule has 15 heavy (non-hydrogen) atoms. The molecule has 0 spiro atoms. The highest BCUT2D eigenvalue weighted by molar-refractivity contribution is 5.91. The molecular formula is C13H16O2. The third kappa shape index (κ3) is 1.98. The molecule has 0 heterocycles. The van der Waals surface area contributed by atoms with Crippen molar-refractivity contribution >= 4 is 5.78 Å². The minimum Gasteiger partial charge on any atom is -0.368 e. The molecule has 1 unspecified atom stereocenters. The summed E-state index contributed by atoms with van der Waals surface area (Å²) in [6, 6.07) is 0. The minimum atomic E-state index is 0.144. The van der Waals surface area contributed by atoms with Crippen molar-refractivity contribution in [3.8, 4) is 12.3 Å². The van der Waals surface area contributed by atoms with Crippen molar-refractivity contribution in [3.05, 3.63) is 11.6 Å². The summed E-state index contributed by atoms with van der Waals surface area (Å²) in [5.74, 6) is 2.76. The minimum absolute atomic E-state index is 0.144. The van der Waals surface area contributed by atoms with Crippen LogP contribution in [0.15, 0.2) is 11.6 Å². The lowest BCUT2D eigenvalue weighted by molar-refractivity contribution is -0.116. The van der Waals surface area contributed by atoms with Gasteiger partial charge in [-0.3, -0.25) is 4.79 Å². The average Bonchev–Trinajstić information content (AvgIpc) is 2.62. The van der Waals surface area contributed by atoms with Crippen LogP contribution in [0.4, 0.5) is 0 Å². The van der Waals surface area contributed by atoms with Crippen molar-refractivity contribution in [1.29, 1.82) is 0 Å². The van der Waals surface area contributed by atoms with Crippen molar-refractivity contribution in [2.45, 2.75) is 32.1 Å². The number of carbonyl (C=O) groups is 1. The largest absolute Gasteiger partial charge is 0.368 e. The number of ketones is 1. The van der Waals surface area contributed by atoms with Gasteiger partial charge in [-0.1, -0.05) is 11.5 Å². The van der Waals surface area contributed by atoms with Crippen LogP contribution in [0.1, 0.15) is 32.1 Å². The second kappa shape index (κ2) is 4.20. The van der Waals surface area contributed by atoms with Crippen molar-refractivity contribution < 1.29 is 9.53 Å². The predicted molar refractivity (Wildman–Crippen MR) is 58.3 cm³/mol. The summed E-state index contributed by atoms with van der Waals surface area (Å²) < 4.78 is 5.47. The predicted octanol–water partition coefficient (Wildman–Crippen LogP) is 2.10. The first-order chi connectivity index (χ1) is 7.27. The Balaban J connectivity index is 2.08. The molecule has 1 atom stereocenters. The second-order valence-corrected chi connectivity index (χ2v) is 4.47. The zero-order valence-corrected chi connectivity index (χ0v) is 8.92. The fourth-order valence-corrected chi connectivity index (χ4v) is 2.73. The average molecular weight is 204 g/mol. The molecule has 0 aromatic heterocycles. The Bertz CT molecular complexity index is 335. The molecule has 0 saturated heterocycles. The lowest BCUT2D eigenvalue weighted by atomic mass is 9.74. The van der Waals surface area contributed by atoms with Crippen molar-refractivity contribution in [3.63, 3.8) is 0 Å². The SMILES string of the molecule is C#CCOCC12CCCC1=CC(=O)CC2. The normalized spacial score (nSPS) is 29.5. The van der Waals surface area contributed by atoms with Gasteiger partial charge in [0.2, 0.25) is 0 Å². The van der Waals surface area contributed by atoms with Gasteiger partial charge in [-0.2, -0.15) is 0 Å². The van der Waals surface area contributed by atoms with E-state index in [0.717, 1.165) is 19.3 Å². The Kier molecular flexibility index (Phi) is 2.93. The molecule has 80 valence electrons. The van der Waals surface area contributed by atoms with E-state index in [1.165, 1.54) is 12.0 Å². The molecule has 2 nitrogen and oxygen atoms in total. The second-order valence-electron chi connectivity index (χ2n) is 4.47. The molecule has 1 fully saturated rings. The summed E-state index contributed by atoms with van der Waals surface area (Å²) in [4.78, 5) is 11.3. The standard InChI is InChI=1S/C13H16O2/c1-2-8-15-10-13-6-3-4-11(13)9-12(14)5-7-13/h1,9H,3-8,10H2. The number of hydrogen-bond acceptors (Lipinski definition) is 2. The van der Waals surface area contributed by atoms with Crippen LogP contribution in [0.5, 0.6) is 0 Å². The maximum Gasteiger partial charge on any atom is 0.155 e. The molecule has 0 radical (unpaired) electrons. The first-order valence-corrected chi connectivity index (χ1v) is 5.52. The monoisotopic (exact) mass is 204 g/mol. The van der Waals surface area contributed by atoms with Gasteiger partial charge in [-0.15, -0.1) is 6.42 Å². The van der Waals surface area contributed by atoms with Gasteiger partial charge in [0.1, 0.15) is 6.61 Å². The Labute approximate surface area is 90.7 Å². The number of rotatable bonds is 3. The molecule has 0 aliphatic heterocycles. The van der Waals surface area contributed by atoms with Crippen LogP contribution in [0.3, 0.4) is 0 Å². The quantitative estimate of drug-likeness (QED) is 0.520. The molecule has 1 saturated carbocycles. The lowest BCUT2D eigenvalue weighted by Crippen LogP contribution is -2.29. The van der Waals surface area contributed by atoms with Crippen molar-refractivity contribution in [2.75, 3.05) is 13.2 Å². The number of allylic oxidation sites excluding steroid dienone is 1. The number of ether oxygens (including phenoxy) is 1. The van der Waals surface area contributed by atoms with Crippen LogP contribution in [0.2, 0.25) is 0 Å². The van der Waals surface area contributed by atoms with E-state index in [4.69, 9.17) is 11.2 Å². The summed E-state index contributed by atoms with van der Waals surface area (Å²) in [6.07, 6.45) is 12.0. The van der Waals surface area contributed by atoms with E-state index >= 15 is 0 Å². The van der Waals surface area contributed by atoms with Crippen molar-refractivity contribution in [2.24, 2.45) is 5.41 Å². The number of carbonyl (C=O) groups excluding carboxylic acids is 1. The molecule has 2 aliphatic rings. The van der Waals surface area contributed by atoms with Crippen LogP contribution < -0.4 is 0 Å². The van der Waals surface area contributed by atoms with Crippen LogP contribution in [0.25, 0.3) is 0 Å². The van der Waals surface area contributed by atoms with Crippen LogP contribution in [-0.4, -0.2) is 19.0 Å². The topological polar surface area (TPSA) is 26.3 Å². The molecule has 0 amide bonds. The molecule has 2 rings (SSSR count). The van der Waals surface area contributed by atoms with E-state index in [-0.39, 0.29) is 11.2 Å². The third-order valence-corrected chi connectivity index (χ3v) is 3.53. The van der Waals surface area contributed by atoms with Gasteiger partial charge < -0.3 is 4.74 Å². The number of terminal acetylenes is 1. The van der Waals surface area contributed by atoms with E-state index in [1.807, 2.05) is 6.08 Å². The molecule has 0 aromatic rings. The van der Waals surface area contributed by atoms with Gasteiger partial charge in [0, 0.05) is 11.8 Å². The maximum atomic E-state index is 11.3. The van der Waals surface area contributed by atoms with E-state index < -0.39 is 0 Å². The van der Waals surface area contributed by atoms with Crippen LogP contribution >= 0.6 is 0 Å². The van der Waals surface area contributed by atoms with E-state index in [9.17, 15) is 4.79 Å². The van der Waals surface area contributed by atoms with E-state index in [1.54, 1.807) is 0 Å². The van der Waals surface area contributed by atoms with Gasteiger partial charge in [0.05, 0.1) is 6.61 Å². The van der Waals surface area contributed by atoms with Crippen LogP contribution in [0, 0.1) is 17.8 Å². The molecule has 0 aromatic carbocycles. The van der Waals surface area contributed by atoms with Gasteiger partial charge in [0.25, 0.3) is 0 Å². The Hall–Kier alpha value is -1.07. The summed E-state index contributed by atoms with van der Waals surface area (Å²) in [5.41, 5.74) is 1.45. The number of fused-ring (bicyclic) bond motifs is 1. The summed E-state index contributed by atoms with van der Waals surface area (Å²) in [7, 11) is 0. The first-order valence-electron chi connectivity index (χ1n) is 5.52.